The molecule has 0 spiro atoms. The number of hydrogen-bond acceptors (Lipinski definition) is 6. The second-order valence-electron chi connectivity index (χ2n) is 6.94. The average Bonchev–Trinajstić information content (AvgIpc) is 3.24. The van der Waals surface area contributed by atoms with Gasteiger partial charge >= 0.3 is 6.03 Å². The minimum Gasteiger partial charge on any atom is -0.383 e. The Hall–Kier alpha value is -2.82. The molecule has 10 heteroatoms. The van der Waals surface area contributed by atoms with Gasteiger partial charge in [0.1, 0.15) is 5.01 Å². The number of aromatic nitrogens is 2. The van der Waals surface area contributed by atoms with Gasteiger partial charge in [0.05, 0.1) is 6.61 Å². The van der Waals surface area contributed by atoms with Gasteiger partial charge in [-0.05, 0) is 30.7 Å². The minimum absolute atomic E-state index is 0.123. The van der Waals surface area contributed by atoms with Crippen molar-refractivity contribution < 1.29 is 14.3 Å². The molecule has 8 nitrogen and oxygen atoms in total. The lowest BCUT2D eigenvalue weighted by Crippen LogP contribution is -2.39. The summed E-state index contributed by atoms with van der Waals surface area (Å²) >= 11 is 4.70. The van der Waals surface area contributed by atoms with E-state index < -0.39 is 0 Å². The third kappa shape index (κ3) is 6.84. The van der Waals surface area contributed by atoms with E-state index in [-0.39, 0.29) is 24.9 Å². The molecular formula is C22H24BrN5O3S. The van der Waals surface area contributed by atoms with Gasteiger partial charge in [-0.3, -0.25) is 4.79 Å². The number of nitrogens with zero attached hydrogens (tertiary/aromatic N) is 3. The summed E-state index contributed by atoms with van der Waals surface area (Å²) in [6, 6.07) is 15.0. The first-order valence-corrected chi connectivity index (χ1v) is 11.6. The van der Waals surface area contributed by atoms with Crippen LogP contribution >= 0.6 is 27.3 Å². The van der Waals surface area contributed by atoms with E-state index in [0.29, 0.717) is 23.3 Å². The highest BCUT2D eigenvalue weighted by molar-refractivity contribution is 9.10. The Morgan fingerprint density at radius 1 is 1.06 bits per heavy atom. The number of carbonyl (C=O) groups is 2. The number of hydrogen-bond donors (Lipinski definition) is 2. The molecule has 0 bridgehead atoms. The number of rotatable bonds is 9. The molecule has 0 fully saturated rings. The van der Waals surface area contributed by atoms with Crippen molar-refractivity contribution in [3.63, 3.8) is 0 Å². The molecule has 0 radical (unpaired) electrons. The van der Waals surface area contributed by atoms with Gasteiger partial charge in [0, 0.05) is 42.3 Å². The van der Waals surface area contributed by atoms with Crippen LogP contribution in [0.4, 0.5) is 15.6 Å². The molecule has 168 valence electrons. The molecule has 0 aliphatic carbocycles. The molecule has 0 saturated heterocycles. The van der Waals surface area contributed by atoms with Gasteiger partial charge in [-0.1, -0.05) is 57.6 Å². The molecule has 3 rings (SSSR count). The van der Waals surface area contributed by atoms with Crippen molar-refractivity contribution in [1.29, 1.82) is 0 Å². The van der Waals surface area contributed by atoms with Crippen molar-refractivity contribution >= 4 is 50.0 Å². The van der Waals surface area contributed by atoms with E-state index in [1.54, 1.807) is 12.0 Å². The Labute approximate surface area is 199 Å². The zero-order valence-electron chi connectivity index (χ0n) is 17.8. The number of amides is 3. The predicted octanol–water partition coefficient (Wildman–Crippen LogP) is 4.79. The van der Waals surface area contributed by atoms with Gasteiger partial charge in [0.2, 0.25) is 11.0 Å². The van der Waals surface area contributed by atoms with Gasteiger partial charge in [-0.25, -0.2) is 4.79 Å². The number of para-hydroxylation sites is 1. The van der Waals surface area contributed by atoms with Gasteiger partial charge in [-0.2, -0.15) is 0 Å². The summed E-state index contributed by atoms with van der Waals surface area (Å²) in [6.45, 7) is 2.90. The second kappa shape index (κ2) is 11.7. The number of carbonyl (C=O) groups excluding carboxylic acids is 2. The molecule has 0 unspecified atom stereocenters. The van der Waals surface area contributed by atoms with E-state index in [9.17, 15) is 9.59 Å². The Morgan fingerprint density at radius 2 is 1.81 bits per heavy atom. The predicted molar refractivity (Wildman–Crippen MR) is 130 cm³/mol. The van der Waals surface area contributed by atoms with Crippen molar-refractivity contribution in [2.45, 2.75) is 13.3 Å². The van der Waals surface area contributed by atoms with E-state index in [1.807, 2.05) is 55.5 Å². The van der Waals surface area contributed by atoms with Crippen molar-refractivity contribution in [2.75, 3.05) is 37.4 Å². The molecule has 0 atom stereocenters. The molecule has 2 aromatic carbocycles. The SMILES string of the molecule is COCCN(CCC(=O)Nc1nnc(-c2ccc(Br)cc2)s1)C(=O)Nc1ccccc1C. The molecule has 32 heavy (non-hydrogen) atoms. The van der Waals surface area contributed by atoms with E-state index >= 15 is 0 Å². The molecule has 3 amide bonds. The molecule has 0 aliphatic heterocycles. The fraction of sp³-hybridized carbons (Fsp3) is 0.273. The van der Waals surface area contributed by atoms with E-state index in [2.05, 4.69) is 36.8 Å². The zero-order chi connectivity index (χ0) is 22.9. The van der Waals surface area contributed by atoms with Crippen LogP contribution in [-0.2, 0) is 9.53 Å². The topological polar surface area (TPSA) is 96.4 Å². The number of ether oxygens (including phenoxy) is 1. The Kier molecular flexibility index (Phi) is 8.72. The monoisotopic (exact) mass is 517 g/mol. The number of urea groups is 1. The number of methoxy groups -OCH3 is 1. The summed E-state index contributed by atoms with van der Waals surface area (Å²) < 4.78 is 6.08. The highest BCUT2D eigenvalue weighted by Gasteiger charge is 2.17. The van der Waals surface area contributed by atoms with Gasteiger partial charge in [-0.15, -0.1) is 10.2 Å². The summed E-state index contributed by atoms with van der Waals surface area (Å²) in [5.41, 5.74) is 2.62. The maximum Gasteiger partial charge on any atom is 0.321 e. The van der Waals surface area contributed by atoms with Crippen LogP contribution in [0.25, 0.3) is 10.6 Å². The summed E-state index contributed by atoms with van der Waals surface area (Å²) in [7, 11) is 1.57. The molecule has 0 aliphatic rings. The summed E-state index contributed by atoms with van der Waals surface area (Å²) in [6.07, 6.45) is 0.123. The van der Waals surface area contributed by atoms with E-state index in [4.69, 9.17) is 4.74 Å². The van der Waals surface area contributed by atoms with Crippen LogP contribution in [0.5, 0.6) is 0 Å². The lowest BCUT2D eigenvalue weighted by atomic mass is 10.2. The third-order valence-electron chi connectivity index (χ3n) is 4.61. The van der Waals surface area contributed by atoms with Crippen molar-refractivity contribution in [1.82, 2.24) is 15.1 Å². The van der Waals surface area contributed by atoms with Crippen LogP contribution in [-0.4, -0.2) is 53.8 Å². The Morgan fingerprint density at radius 3 is 2.53 bits per heavy atom. The molecule has 2 N–H and O–H groups in total. The highest BCUT2D eigenvalue weighted by atomic mass is 79.9. The first-order chi connectivity index (χ1) is 15.5. The number of anilines is 2. The lowest BCUT2D eigenvalue weighted by molar-refractivity contribution is -0.116. The van der Waals surface area contributed by atoms with Crippen LogP contribution < -0.4 is 10.6 Å². The maximum atomic E-state index is 12.7. The largest absolute Gasteiger partial charge is 0.383 e. The van der Waals surface area contributed by atoms with E-state index in [0.717, 1.165) is 21.3 Å². The number of benzene rings is 2. The molecule has 1 aromatic heterocycles. The fourth-order valence-corrected chi connectivity index (χ4v) is 3.85. The van der Waals surface area contributed by atoms with Crippen molar-refractivity contribution in [3.05, 3.63) is 58.6 Å². The summed E-state index contributed by atoms with van der Waals surface area (Å²) in [5, 5.41) is 15.0. The molecule has 3 aromatic rings. The molecular weight excluding hydrogens is 494 g/mol. The zero-order valence-corrected chi connectivity index (χ0v) is 20.2. The third-order valence-corrected chi connectivity index (χ3v) is 6.03. The standard InChI is InChI=1S/C22H24BrN5O3S/c1-15-5-3-4-6-18(15)24-22(30)28(13-14-31-2)12-11-19(29)25-21-27-26-20(32-21)16-7-9-17(23)10-8-16/h3-10H,11-14H2,1-2H3,(H,24,30)(H,25,27,29). The summed E-state index contributed by atoms with van der Waals surface area (Å²) in [5.74, 6) is -0.241. The van der Waals surface area contributed by atoms with E-state index in [1.165, 1.54) is 11.3 Å². The van der Waals surface area contributed by atoms with Crippen LogP contribution in [0.15, 0.2) is 53.0 Å². The highest BCUT2D eigenvalue weighted by Crippen LogP contribution is 2.27. The minimum atomic E-state index is -0.280. The molecule has 1 heterocycles. The first-order valence-electron chi connectivity index (χ1n) is 9.96. The smallest absolute Gasteiger partial charge is 0.321 e. The van der Waals surface area contributed by atoms with Crippen molar-refractivity contribution in [2.24, 2.45) is 0 Å². The number of nitrogens with one attached hydrogen (secondary N) is 2. The lowest BCUT2D eigenvalue weighted by Gasteiger charge is -2.23. The Balaban J connectivity index is 1.56. The first kappa shape index (κ1) is 23.8. The normalized spacial score (nSPS) is 10.6. The molecule has 0 saturated carbocycles. The van der Waals surface area contributed by atoms with Crippen LogP contribution in [0.1, 0.15) is 12.0 Å². The average molecular weight is 518 g/mol. The summed E-state index contributed by atoms with van der Waals surface area (Å²) in [4.78, 5) is 26.7. The van der Waals surface area contributed by atoms with Gasteiger partial charge in [0.25, 0.3) is 0 Å². The van der Waals surface area contributed by atoms with Crippen LogP contribution in [0.3, 0.4) is 0 Å². The Bertz CT molecular complexity index is 1060. The van der Waals surface area contributed by atoms with Crippen LogP contribution in [0, 0.1) is 6.92 Å². The van der Waals surface area contributed by atoms with Gasteiger partial charge < -0.3 is 20.3 Å². The number of halogens is 1. The fourth-order valence-electron chi connectivity index (χ4n) is 2.82. The second-order valence-corrected chi connectivity index (χ2v) is 8.84. The van der Waals surface area contributed by atoms with Crippen molar-refractivity contribution in [3.8, 4) is 10.6 Å². The quantitative estimate of drug-likeness (QED) is 0.425. The van der Waals surface area contributed by atoms with Gasteiger partial charge in [0.15, 0.2) is 0 Å². The number of aryl methyl sites for hydroxylation is 1. The van der Waals surface area contributed by atoms with Crippen LogP contribution in [0.2, 0.25) is 0 Å². The maximum absolute atomic E-state index is 12.7.